The molecule has 0 saturated carbocycles. The van der Waals surface area contributed by atoms with Crippen molar-refractivity contribution in [1.29, 1.82) is 0 Å². The van der Waals surface area contributed by atoms with E-state index in [1.807, 2.05) is 0 Å². The van der Waals surface area contributed by atoms with Gasteiger partial charge in [0.15, 0.2) is 0 Å². The molecular weight excluding hydrogens is 314 g/mol. The number of carbonyl (C=O) groups excluding carboxylic acids is 1. The summed E-state index contributed by atoms with van der Waals surface area (Å²) in [6, 6.07) is 8.43. The normalized spacial score (nSPS) is 22.5. The first-order chi connectivity index (χ1) is 12.3. The lowest BCUT2D eigenvalue weighted by Crippen LogP contribution is -2.42. The Bertz CT molecular complexity index is 713. The molecule has 1 aromatic carbocycles. The average Bonchev–Trinajstić information content (AvgIpc) is 3.31. The van der Waals surface area contributed by atoms with E-state index in [0.717, 1.165) is 51.9 Å². The molecule has 2 N–H and O–H groups in total. The Morgan fingerprint density at radius 1 is 1.24 bits per heavy atom. The smallest absolute Gasteiger partial charge is 0.223 e. The van der Waals surface area contributed by atoms with Crippen LogP contribution in [0.3, 0.4) is 0 Å². The first kappa shape index (κ1) is 16.6. The first-order valence-corrected chi connectivity index (χ1v) is 9.46. The Morgan fingerprint density at radius 2 is 2.08 bits per heavy atom. The molecule has 5 nitrogen and oxygen atoms in total. The summed E-state index contributed by atoms with van der Waals surface area (Å²) in [5, 5.41) is 4.40. The molecule has 1 atom stereocenters. The number of para-hydroxylation sites is 1. The Labute approximate surface area is 148 Å². The van der Waals surface area contributed by atoms with Crippen LogP contribution in [0, 0.1) is 5.92 Å². The van der Waals surface area contributed by atoms with E-state index in [4.69, 9.17) is 4.74 Å². The number of hydrogen-bond acceptors (Lipinski definition) is 3. The maximum atomic E-state index is 12.4. The van der Waals surface area contributed by atoms with E-state index in [1.165, 1.54) is 16.5 Å². The van der Waals surface area contributed by atoms with Gasteiger partial charge in [0.2, 0.25) is 5.91 Å². The van der Waals surface area contributed by atoms with Gasteiger partial charge in [0.25, 0.3) is 0 Å². The van der Waals surface area contributed by atoms with Crippen molar-refractivity contribution in [2.24, 2.45) is 5.92 Å². The van der Waals surface area contributed by atoms with Crippen molar-refractivity contribution < 1.29 is 9.53 Å². The van der Waals surface area contributed by atoms with Crippen molar-refractivity contribution in [2.45, 2.75) is 38.3 Å². The second-order valence-electron chi connectivity index (χ2n) is 7.29. The number of rotatable bonds is 5. The number of aromatic nitrogens is 1. The van der Waals surface area contributed by atoms with E-state index >= 15 is 0 Å². The Hall–Kier alpha value is -1.85. The minimum Gasteiger partial charge on any atom is -0.376 e. The number of likely N-dealkylation sites (tertiary alicyclic amines) is 1. The molecule has 0 radical (unpaired) electrons. The van der Waals surface area contributed by atoms with Crippen LogP contribution in [-0.2, 0) is 16.1 Å². The molecule has 2 aliphatic rings. The van der Waals surface area contributed by atoms with Crippen LogP contribution >= 0.6 is 0 Å². The zero-order valence-electron chi connectivity index (χ0n) is 14.7. The van der Waals surface area contributed by atoms with E-state index in [2.05, 4.69) is 45.7 Å². The minimum absolute atomic E-state index is 0.153. The molecule has 134 valence electrons. The fourth-order valence-electron chi connectivity index (χ4n) is 4.02. The summed E-state index contributed by atoms with van der Waals surface area (Å²) in [5.74, 6) is 0.364. The number of H-pyrrole nitrogens is 1. The largest absolute Gasteiger partial charge is 0.376 e. The van der Waals surface area contributed by atoms with Gasteiger partial charge in [-0.15, -0.1) is 0 Å². The van der Waals surface area contributed by atoms with Crippen molar-refractivity contribution >= 4 is 16.8 Å². The van der Waals surface area contributed by atoms with E-state index in [9.17, 15) is 4.79 Å². The fraction of sp³-hybridized carbons (Fsp3) is 0.550. The molecule has 0 bridgehead atoms. The van der Waals surface area contributed by atoms with Gasteiger partial charge in [-0.25, -0.2) is 0 Å². The van der Waals surface area contributed by atoms with Gasteiger partial charge in [-0.05, 0) is 50.4 Å². The predicted molar refractivity (Wildman–Crippen MR) is 98.3 cm³/mol. The van der Waals surface area contributed by atoms with Gasteiger partial charge in [-0.3, -0.25) is 9.69 Å². The highest BCUT2D eigenvalue weighted by atomic mass is 16.5. The number of ether oxygens (including phenoxy) is 1. The third-order valence-electron chi connectivity index (χ3n) is 5.56. The van der Waals surface area contributed by atoms with Gasteiger partial charge < -0.3 is 15.0 Å². The highest BCUT2D eigenvalue weighted by Crippen LogP contribution is 2.23. The second-order valence-corrected chi connectivity index (χ2v) is 7.29. The zero-order valence-corrected chi connectivity index (χ0v) is 14.7. The van der Waals surface area contributed by atoms with E-state index in [1.54, 1.807) is 0 Å². The molecule has 25 heavy (non-hydrogen) atoms. The van der Waals surface area contributed by atoms with Crippen LogP contribution in [0.25, 0.3) is 10.9 Å². The van der Waals surface area contributed by atoms with Gasteiger partial charge in [0, 0.05) is 42.7 Å². The lowest BCUT2D eigenvalue weighted by molar-refractivity contribution is -0.127. The number of nitrogens with one attached hydrogen (secondary N) is 2. The van der Waals surface area contributed by atoms with Crippen LogP contribution in [0.4, 0.5) is 0 Å². The molecule has 4 rings (SSSR count). The number of benzene rings is 1. The number of hydrogen-bond donors (Lipinski definition) is 2. The van der Waals surface area contributed by atoms with Crippen LogP contribution in [0.1, 0.15) is 31.2 Å². The van der Waals surface area contributed by atoms with E-state index in [-0.39, 0.29) is 17.9 Å². The quantitative estimate of drug-likeness (QED) is 0.879. The van der Waals surface area contributed by atoms with Crippen LogP contribution in [-0.4, -0.2) is 48.1 Å². The maximum Gasteiger partial charge on any atom is 0.223 e. The number of piperidine rings is 1. The highest BCUT2D eigenvalue weighted by Gasteiger charge is 2.26. The van der Waals surface area contributed by atoms with Crippen molar-refractivity contribution in [2.75, 3.05) is 26.2 Å². The first-order valence-electron chi connectivity index (χ1n) is 9.46. The zero-order chi connectivity index (χ0) is 17.1. The summed E-state index contributed by atoms with van der Waals surface area (Å²) >= 11 is 0. The molecule has 5 heteroatoms. The number of fused-ring (bicyclic) bond motifs is 1. The standard InChI is InChI=1S/C20H27N3O2/c24-20(22-13-17-4-3-11-25-17)15-7-9-23(10-8-15)14-16-12-21-19-6-2-1-5-18(16)19/h1-2,5-6,12,15,17,21H,3-4,7-11,13-14H2,(H,22,24)/t17-/m1/s1. The third kappa shape index (κ3) is 3.88. The molecule has 2 saturated heterocycles. The van der Waals surface area contributed by atoms with Crippen LogP contribution in [0.2, 0.25) is 0 Å². The van der Waals surface area contributed by atoms with Crippen LogP contribution in [0.15, 0.2) is 30.5 Å². The van der Waals surface area contributed by atoms with E-state index < -0.39 is 0 Å². The van der Waals surface area contributed by atoms with Gasteiger partial charge >= 0.3 is 0 Å². The fourth-order valence-corrected chi connectivity index (χ4v) is 4.02. The summed E-state index contributed by atoms with van der Waals surface area (Å²) < 4.78 is 5.58. The Morgan fingerprint density at radius 3 is 2.88 bits per heavy atom. The summed E-state index contributed by atoms with van der Waals surface area (Å²) in [6.07, 6.45) is 6.42. The second kappa shape index (κ2) is 7.58. The monoisotopic (exact) mass is 341 g/mol. The SMILES string of the molecule is O=C(NC[C@H]1CCCO1)C1CCN(Cc2c[nH]c3ccccc23)CC1. The molecule has 3 heterocycles. The Kier molecular flexibility index (Phi) is 5.04. The molecule has 1 aromatic heterocycles. The van der Waals surface area contributed by atoms with Gasteiger partial charge in [0.05, 0.1) is 6.10 Å². The molecule has 0 aliphatic carbocycles. The predicted octanol–water partition coefficient (Wildman–Crippen LogP) is 2.68. The topological polar surface area (TPSA) is 57.4 Å². The lowest BCUT2D eigenvalue weighted by Gasteiger charge is -2.31. The molecule has 2 fully saturated rings. The lowest BCUT2D eigenvalue weighted by atomic mass is 9.95. The minimum atomic E-state index is 0.153. The summed E-state index contributed by atoms with van der Waals surface area (Å²) in [6.45, 7) is 4.43. The number of amides is 1. The van der Waals surface area contributed by atoms with E-state index in [0.29, 0.717) is 6.54 Å². The summed E-state index contributed by atoms with van der Waals surface area (Å²) in [7, 11) is 0. The van der Waals surface area contributed by atoms with Crippen molar-refractivity contribution in [3.8, 4) is 0 Å². The molecule has 2 aliphatic heterocycles. The molecule has 0 spiro atoms. The van der Waals surface area contributed by atoms with Crippen molar-refractivity contribution in [3.63, 3.8) is 0 Å². The van der Waals surface area contributed by atoms with Gasteiger partial charge in [-0.2, -0.15) is 0 Å². The van der Waals surface area contributed by atoms with Crippen molar-refractivity contribution in [1.82, 2.24) is 15.2 Å². The molecule has 1 amide bonds. The Balaban J connectivity index is 1.26. The molecule has 0 unspecified atom stereocenters. The molecule has 2 aromatic rings. The average molecular weight is 341 g/mol. The van der Waals surface area contributed by atoms with Crippen LogP contribution < -0.4 is 5.32 Å². The number of aromatic amines is 1. The van der Waals surface area contributed by atoms with Crippen molar-refractivity contribution in [3.05, 3.63) is 36.0 Å². The third-order valence-corrected chi connectivity index (χ3v) is 5.56. The van der Waals surface area contributed by atoms with Crippen LogP contribution in [0.5, 0.6) is 0 Å². The number of nitrogens with zero attached hydrogens (tertiary/aromatic N) is 1. The summed E-state index contributed by atoms with van der Waals surface area (Å²) in [4.78, 5) is 18.2. The highest BCUT2D eigenvalue weighted by molar-refractivity contribution is 5.83. The molecular formula is C20H27N3O2. The maximum absolute atomic E-state index is 12.4. The van der Waals surface area contributed by atoms with Gasteiger partial charge in [-0.1, -0.05) is 18.2 Å². The van der Waals surface area contributed by atoms with Gasteiger partial charge in [0.1, 0.15) is 0 Å². The summed E-state index contributed by atoms with van der Waals surface area (Å²) in [5.41, 5.74) is 2.54. The number of carbonyl (C=O) groups is 1.